The van der Waals surface area contributed by atoms with Crippen LogP contribution in [0.2, 0.25) is 0 Å². The number of unbranched alkanes of at least 4 members (excludes halogenated alkanes) is 2. The van der Waals surface area contributed by atoms with Gasteiger partial charge in [-0.3, -0.25) is 0 Å². The van der Waals surface area contributed by atoms with Crippen LogP contribution < -0.4 is 5.32 Å². The van der Waals surface area contributed by atoms with E-state index in [0.717, 1.165) is 6.54 Å². The summed E-state index contributed by atoms with van der Waals surface area (Å²) < 4.78 is 0. The first-order valence-electron chi connectivity index (χ1n) is 3.01. The number of hydrogen-bond donors (Lipinski definition) is 1. The summed E-state index contributed by atoms with van der Waals surface area (Å²) in [7, 11) is 0. The minimum absolute atomic E-state index is 0.983. The summed E-state index contributed by atoms with van der Waals surface area (Å²) in [6, 6.07) is 0. The van der Waals surface area contributed by atoms with Crippen molar-refractivity contribution >= 4 is 17.7 Å². The van der Waals surface area contributed by atoms with Gasteiger partial charge in [-0.25, -0.2) is 0 Å². The first-order chi connectivity index (χ1) is 3.91. The van der Waals surface area contributed by atoms with Gasteiger partial charge < -0.3 is 5.32 Å². The second-order valence-corrected chi connectivity index (χ2v) is 1.94. The van der Waals surface area contributed by atoms with Crippen LogP contribution in [0, 0.1) is 0 Å². The minimum atomic E-state index is 0.983. The number of nitrogens with one attached hydrogen (secondary N) is 1. The maximum atomic E-state index is 4.44. The molecule has 0 aromatic rings. The lowest BCUT2D eigenvalue weighted by molar-refractivity contribution is 0.701. The summed E-state index contributed by atoms with van der Waals surface area (Å²) in [6.07, 6.45) is 3.75. The topological polar surface area (TPSA) is 12.0 Å². The fourth-order valence-electron chi connectivity index (χ4n) is 0.514. The van der Waals surface area contributed by atoms with E-state index in [9.17, 15) is 0 Å². The zero-order chi connectivity index (χ0) is 6.24. The molecule has 0 spiro atoms. The smallest absolute Gasteiger partial charge is 0.134 e. The zero-order valence-corrected chi connectivity index (χ0v) is 6.05. The predicted molar refractivity (Wildman–Crippen MR) is 40.1 cm³/mol. The Labute approximate surface area is 56.5 Å². The van der Waals surface area contributed by atoms with Crippen molar-refractivity contribution in [2.24, 2.45) is 0 Å². The van der Waals surface area contributed by atoms with Crippen LogP contribution in [-0.2, 0) is 0 Å². The van der Waals surface area contributed by atoms with Crippen molar-refractivity contribution in [3.05, 3.63) is 0 Å². The van der Waals surface area contributed by atoms with Gasteiger partial charge in [0.15, 0.2) is 0 Å². The molecule has 47 valence electrons. The summed E-state index contributed by atoms with van der Waals surface area (Å²) in [5.41, 5.74) is 2.46. The molecule has 0 aliphatic carbocycles. The molecule has 0 aromatic carbocycles. The highest BCUT2D eigenvalue weighted by Gasteiger charge is 1.80. The van der Waals surface area contributed by atoms with E-state index in [1.165, 1.54) is 19.3 Å². The van der Waals surface area contributed by atoms with Crippen molar-refractivity contribution in [1.29, 1.82) is 0 Å². The normalized spacial score (nSPS) is 8.62. The third kappa shape index (κ3) is 5.89. The molecule has 0 unspecified atom stereocenters. The molecule has 0 saturated carbocycles. The lowest BCUT2D eigenvalue weighted by Crippen LogP contribution is -2.10. The first-order valence-corrected chi connectivity index (χ1v) is 3.42. The average molecular weight is 130 g/mol. The van der Waals surface area contributed by atoms with Crippen molar-refractivity contribution < 1.29 is 0 Å². The average Bonchev–Trinajstić information content (AvgIpc) is 1.81. The molecule has 1 radical (unpaired) electrons. The molecular formula is C6H12NS. The standard InChI is InChI=1S/C6H12NS/c1-2-3-4-5-7-6-8/h2-5H2,1H3,(H,7,8). The third-order valence-corrected chi connectivity index (χ3v) is 1.12. The maximum absolute atomic E-state index is 4.44. The van der Waals surface area contributed by atoms with Crippen LogP contribution in [0.5, 0.6) is 0 Å². The molecule has 1 nitrogen and oxygen atoms in total. The molecule has 1 N–H and O–H groups in total. The molecule has 0 atom stereocenters. The second-order valence-electron chi connectivity index (χ2n) is 1.74. The van der Waals surface area contributed by atoms with Crippen LogP contribution in [0.25, 0.3) is 0 Å². The highest BCUT2D eigenvalue weighted by molar-refractivity contribution is 7.78. The maximum Gasteiger partial charge on any atom is 0.134 e. The largest absolute Gasteiger partial charge is 0.374 e. The Morgan fingerprint density at radius 3 is 2.75 bits per heavy atom. The Bertz CT molecular complexity index is 54.5. The van der Waals surface area contributed by atoms with E-state index in [2.05, 4.69) is 29.9 Å². The quantitative estimate of drug-likeness (QED) is 0.344. The van der Waals surface area contributed by atoms with Gasteiger partial charge in [0.2, 0.25) is 0 Å². The van der Waals surface area contributed by atoms with Crippen molar-refractivity contribution in [3.63, 3.8) is 0 Å². The van der Waals surface area contributed by atoms with E-state index in [-0.39, 0.29) is 0 Å². The molecule has 2 heteroatoms. The van der Waals surface area contributed by atoms with Gasteiger partial charge in [0, 0.05) is 6.54 Å². The molecule has 0 aliphatic rings. The molecular weight excluding hydrogens is 118 g/mol. The van der Waals surface area contributed by atoms with Gasteiger partial charge in [-0.2, -0.15) is 0 Å². The Balaban J connectivity index is 2.62. The van der Waals surface area contributed by atoms with E-state index in [0.29, 0.717) is 0 Å². The highest BCUT2D eigenvalue weighted by Crippen LogP contribution is 1.89. The van der Waals surface area contributed by atoms with E-state index in [1.807, 2.05) is 0 Å². The second kappa shape index (κ2) is 6.89. The molecule has 0 heterocycles. The molecule has 0 aromatic heterocycles. The number of thiocarbonyl (C=S) groups is 1. The lowest BCUT2D eigenvalue weighted by atomic mass is 10.2. The van der Waals surface area contributed by atoms with Crippen LogP contribution in [0.3, 0.4) is 0 Å². The van der Waals surface area contributed by atoms with E-state index in [4.69, 9.17) is 0 Å². The fraction of sp³-hybridized carbons (Fsp3) is 0.833. The van der Waals surface area contributed by atoms with Gasteiger partial charge in [0.1, 0.15) is 5.49 Å². The number of rotatable bonds is 5. The molecule has 0 fully saturated rings. The van der Waals surface area contributed by atoms with Gasteiger partial charge in [-0.15, -0.1) is 0 Å². The summed E-state index contributed by atoms with van der Waals surface area (Å²) in [6.45, 7) is 3.17. The molecule has 8 heavy (non-hydrogen) atoms. The van der Waals surface area contributed by atoms with Crippen LogP contribution >= 0.6 is 12.2 Å². The first kappa shape index (κ1) is 7.89. The Kier molecular flexibility index (Phi) is 6.80. The van der Waals surface area contributed by atoms with Crippen molar-refractivity contribution in [2.75, 3.05) is 6.54 Å². The predicted octanol–water partition coefficient (Wildman–Crippen LogP) is 1.60. The summed E-state index contributed by atoms with van der Waals surface area (Å²) in [4.78, 5) is 0. The van der Waals surface area contributed by atoms with Crippen molar-refractivity contribution in [2.45, 2.75) is 26.2 Å². The van der Waals surface area contributed by atoms with E-state index < -0.39 is 0 Å². The molecule has 0 amide bonds. The lowest BCUT2D eigenvalue weighted by Gasteiger charge is -1.94. The van der Waals surface area contributed by atoms with Crippen molar-refractivity contribution in [3.8, 4) is 0 Å². The third-order valence-electron chi connectivity index (χ3n) is 0.977. The molecule has 0 rings (SSSR count). The van der Waals surface area contributed by atoms with E-state index in [1.54, 1.807) is 0 Å². The Morgan fingerprint density at radius 2 is 2.25 bits per heavy atom. The van der Waals surface area contributed by atoms with Crippen LogP contribution in [0.4, 0.5) is 0 Å². The van der Waals surface area contributed by atoms with Gasteiger partial charge >= 0.3 is 0 Å². The van der Waals surface area contributed by atoms with Gasteiger partial charge in [-0.05, 0) is 6.42 Å². The minimum Gasteiger partial charge on any atom is -0.374 e. The van der Waals surface area contributed by atoms with Crippen LogP contribution in [-0.4, -0.2) is 12.0 Å². The van der Waals surface area contributed by atoms with Gasteiger partial charge in [0.25, 0.3) is 0 Å². The monoisotopic (exact) mass is 130 g/mol. The zero-order valence-electron chi connectivity index (χ0n) is 5.24. The highest BCUT2D eigenvalue weighted by atomic mass is 32.1. The van der Waals surface area contributed by atoms with Crippen molar-refractivity contribution in [1.82, 2.24) is 5.32 Å². The molecule has 0 saturated heterocycles. The van der Waals surface area contributed by atoms with Gasteiger partial charge in [-0.1, -0.05) is 32.0 Å². The fourth-order valence-corrected chi connectivity index (χ4v) is 0.616. The summed E-state index contributed by atoms with van der Waals surface area (Å²) >= 11 is 4.44. The van der Waals surface area contributed by atoms with Gasteiger partial charge in [0.05, 0.1) is 0 Å². The molecule has 0 bridgehead atoms. The Morgan fingerprint density at radius 1 is 1.50 bits per heavy atom. The Hall–Kier alpha value is -0.110. The number of hydrogen-bond acceptors (Lipinski definition) is 1. The van der Waals surface area contributed by atoms with E-state index >= 15 is 0 Å². The molecule has 0 aliphatic heterocycles. The summed E-state index contributed by atoms with van der Waals surface area (Å²) in [5, 5.41) is 2.85. The van der Waals surface area contributed by atoms with Crippen LogP contribution in [0.1, 0.15) is 26.2 Å². The van der Waals surface area contributed by atoms with Crippen LogP contribution in [0.15, 0.2) is 0 Å². The SMILES string of the molecule is CCCCCN[C]=S. The summed E-state index contributed by atoms with van der Waals surface area (Å²) in [5.74, 6) is 0.